The van der Waals surface area contributed by atoms with Gasteiger partial charge in [-0.2, -0.15) is 0 Å². The van der Waals surface area contributed by atoms with Crippen LogP contribution in [-0.2, 0) is 6.54 Å². The van der Waals surface area contributed by atoms with Gasteiger partial charge in [-0.1, -0.05) is 15.9 Å². The van der Waals surface area contributed by atoms with Gasteiger partial charge in [-0.05, 0) is 31.0 Å². The fraction of sp³-hybridized carbons (Fsp3) is 0.286. The maximum Gasteiger partial charge on any atom is 0.238 e. The molecule has 1 aliphatic rings. The summed E-state index contributed by atoms with van der Waals surface area (Å²) in [6.45, 7) is 0.650. The molecule has 0 bridgehead atoms. The minimum atomic E-state index is -0.442. The molecule has 1 heterocycles. The van der Waals surface area contributed by atoms with Crippen molar-refractivity contribution in [3.05, 3.63) is 46.6 Å². The van der Waals surface area contributed by atoms with Crippen LogP contribution >= 0.6 is 15.9 Å². The van der Waals surface area contributed by atoms with E-state index in [0.717, 1.165) is 5.69 Å². The fourth-order valence-corrected chi connectivity index (χ4v) is 2.06. The van der Waals surface area contributed by atoms with Crippen LogP contribution < -0.4 is 10.1 Å². The van der Waals surface area contributed by atoms with Crippen molar-refractivity contribution in [2.24, 2.45) is 0 Å². The highest BCUT2D eigenvalue weighted by Gasteiger charge is 2.20. The van der Waals surface area contributed by atoms with Crippen molar-refractivity contribution in [3.63, 3.8) is 0 Å². The summed E-state index contributed by atoms with van der Waals surface area (Å²) in [5.41, 5.74) is 0.784. The number of hydrogen-bond donors (Lipinski definition) is 1. The third kappa shape index (κ3) is 3.52. The Kier molecular flexibility index (Phi) is 3.93. The fourth-order valence-electron chi connectivity index (χ4n) is 1.73. The van der Waals surface area contributed by atoms with Crippen molar-refractivity contribution in [1.82, 2.24) is 15.3 Å². The van der Waals surface area contributed by atoms with Gasteiger partial charge in [0, 0.05) is 23.3 Å². The monoisotopic (exact) mass is 337 g/mol. The number of hydrogen-bond acceptors (Lipinski definition) is 4. The number of ether oxygens (including phenoxy) is 1. The van der Waals surface area contributed by atoms with E-state index in [1.54, 1.807) is 18.3 Å². The number of halogens is 2. The minimum Gasteiger partial charge on any atom is -0.434 e. The van der Waals surface area contributed by atoms with E-state index in [1.807, 2.05) is 0 Å². The number of benzene rings is 1. The normalized spacial score (nSPS) is 14.3. The molecule has 2 aromatic rings. The summed E-state index contributed by atoms with van der Waals surface area (Å²) in [5.74, 6) is -0.0150. The highest BCUT2D eigenvalue weighted by atomic mass is 79.9. The standard InChI is InChI=1S/C14H13BrFN3O/c15-9-1-4-13(12(16)5-9)20-14-8-17-6-11(19-14)7-18-10-2-3-10/h1,4-6,8,10,18H,2-3,7H2. The van der Waals surface area contributed by atoms with E-state index in [4.69, 9.17) is 4.74 Å². The molecule has 1 fully saturated rings. The van der Waals surface area contributed by atoms with Gasteiger partial charge in [-0.3, -0.25) is 4.98 Å². The Hall–Kier alpha value is -1.53. The maximum absolute atomic E-state index is 13.7. The first kappa shape index (κ1) is 13.5. The molecule has 1 saturated carbocycles. The smallest absolute Gasteiger partial charge is 0.238 e. The predicted octanol–water partition coefficient (Wildman–Crippen LogP) is 3.42. The molecule has 4 nitrogen and oxygen atoms in total. The third-order valence-electron chi connectivity index (χ3n) is 2.92. The first-order chi connectivity index (χ1) is 9.70. The summed E-state index contributed by atoms with van der Waals surface area (Å²) in [4.78, 5) is 8.37. The Bertz CT molecular complexity index is 619. The number of aromatic nitrogens is 2. The molecule has 1 N–H and O–H groups in total. The van der Waals surface area contributed by atoms with Crippen LogP contribution in [0.2, 0.25) is 0 Å². The Balaban J connectivity index is 1.70. The van der Waals surface area contributed by atoms with E-state index in [-0.39, 0.29) is 5.75 Å². The second-order valence-corrected chi connectivity index (χ2v) is 5.60. The molecule has 0 atom stereocenters. The second kappa shape index (κ2) is 5.85. The average Bonchev–Trinajstić information content (AvgIpc) is 3.24. The van der Waals surface area contributed by atoms with Crippen LogP contribution in [0, 0.1) is 5.82 Å². The molecule has 6 heteroatoms. The first-order valence-corrected chi connectivity index (χ1v) is 7.17. The Morgan fingerprint density at radius 2 is 2.20 bits per heavy atom. The second-order valence-electron chi connectivity index (χ2n) is 4.68. The summed E-state index contributed by atoms with van der Waals surface area (Å²) >= 11 is 3.20. The summed E-state index contributed by atoms with van der Waals surface area (Å²) in [7, 11) is 0. The van der Waals surface area contributed by atoms with Gasteiger partial charge in [0.25, 0.3) is 0 Å². The molecular weight excluding hydrogens is 325 g/mol. The number of rotatable bonds is 5. The molecule has 20 heavy (non-hydrogen) atoms. The van der Waals surface area contributed by atoms with E-state index in [9.17, 15) is 4.39 Å². The topological polar surface area (TPSA) is 47.0 Å². The minimum absolute atomic E-state index is 0.134. The largest absolute Gasteiger partial charge is 0.434 e. The first-order valence-electron chi connectivity index (χ1n) is 6.38. The van der Waals surface area contributed by atoms with Gasteiger partial charge in [-0.25, -0.2) is 9.37 Å². The molecule has 0 radical (unpaired) electrons. The van der Waals surface area contributed by atoms with Crippen LogP contribution in [0.4, 0.5) is 4.39 Å². The Labute approximate surface area is 124 Å². The van der Waals surface area contributed by atoms with Gasteiger partial charge in [0.2, 0.25) is 5.88 Å². The lowest BCUT2D eigenvalue weighted by molar-refractivity contribution is 0.422. The van der Waals surface area contributed by atoms with Gasteiger partial charge in [0.1, 0.15) is 0 Å². The van der Waals surface area contributed by atoms with Crippen molar-refractivity contribution >= 4 is 15.9 Å². The summed E-state index contributed by atoms with van der Waals surface area (Å²) in [6.07, 6.45) is 5.59. The SMILES string of the molecule is Fc1cc(Br)ccc1Oc1cncc(CNC2CC2)n1. The molecule has 0 spiro atoms. The van der Waals surface area contributed by atoms with E-state index >= 15 is 0 Å². The van der Waals surface area contributed by atoms with Gasteiger partial charge in [0.15, 0.2) is 11.6 Å². The van der Waals surface area contributed by atoms with Crippen molar-refractivity contribution in [2.45, 2.75) is 25.4 Å². The van der Waals surface area contributed by atoms with Gasteiger partial charge in [-0.15, -0.1) is 0 Å². The zero-order chi connectivity index (χ0) is 13.9. The molecule has 1 aromatic carbocycles. The van der Waals surface area contributed by atoms with Gasteiger partial charge in [0.05, 0.1) is 11.9 Å². The lowest BCUT2D eigenvalue weighted by atomic mass is 10.3. The van der Waals surface area contributed by atoms with E-state index < -0.39 is 5.82 Å². The summed E-state index contributed by atoms with van der Waals surface area (Å²) in [6, 6.07) is 5.22. The van der Waals surface area contributed by atoms with Crippen LogP contribution in [0.1, 0.15) is 18.5 Å². The van der Waals surface area contributed by atoms with Crippen LogP contribution in [-0.4, -0.2) is 16.0 Å². The summed E-state index contributed by atoms with van der Waals surface area (Å²) < 4.78 is 19.8. The Morgan fingerprint density at radius 1 is 1.35 bits per heavy atom. The maximum atomic E-state index is 13.7. The van der Waals surface area contributed by atoms with E-state index in [0.29, 0.717) is 22.9 Å². The van der Waals surface area contributed by atoms with Crippen molar-refractivity contribution < 1.29 is 9.13 Å². The average molecular weight is 338 g/mol. The van der Waals surface area contributed by atoms with Gasteiger partial charge >= 0.3 is 0 Å². The lowest BCUT2D eigenvalue weighted by Gasteiger charge is -2.07. The quantitative estimate of drug-likeness (QED) is 0.908. The molecular formula is C14H13BrFN3O. The van der Waals surface area contributed by atoms with Crippen molar-refractivity contribution in [1.29, 1.82) is 0 Å². The highest BCUT2D eigenvalue weighted by molar-refractivity contribution is 9.10. The molecule has 0 amide bonds. The zero-order valence-corrected chi connectivity index (χ0v) is 12.2. The molecule has 1 aromatic heterocycles. The van der Waals surface area contributed by atoms with E-state index in [1.165, 1.54) is 25.1 Å². The lowest BCUT2D eigenvalue weighted by Crippen LogP contribution is -2.16. The molecule has 1 aliphatic carbocycles. The molecule has 3 rings (SSSR count). The molecule has 104 valence electrons. The highest BCUT2D eigenvalue weighted by Crippen LogP contribution is 2.25. The van der Waals surface area contributed by atoms with Crippen LogP contribution in [0.3, 0.4) is 0 Å². The number of nitrogens with zero attached hydrogens (tertiary/aromatic N) is 2. The third-order valence-corrected chi connectivity index (χ3v) is 3.41. The molecule has 0 aliphatic heterocycles. The summed E-state index contributed by atoms with van der Waals surface area (Å²) in [5, 5.41) is 3.34. The van der Waals surface area contributed by atoms with Crippen LogP contribution in [0.15, 0.2) is 35.1 Å². The van der Waals surface area contributed by atoms with Crippen LogP contribution in [0.5, 0.6) is 11.6 Å². The van der Waals surface area contributed by atoms with Gasteiger partial charge < -0.3 is 10.1 Å². The Morgan fingerprint density at radius 3 is 2.95 bits per heavy atom. The van der Waals surface area contributed by atoms with Crippen molar-refractivity contribution in [2.75, 3.05) is 0 Å². The van der Waals surface area contributed by atoms with Crippen molar-refractivity contribution in [3.8, 4) is 11.6 Å². The molecule has 0 unspecified atom stereocenters. The predicted molar refractivity (Wildman–Crippen MR) is 76.1 cm³/mol. The van der Waals surface area contributed by atoms with Crippen LogP contribution in [0.25, 0.3) is 0 Å². The molecule has 0 saturated heterocycles. The van der Waals surface area contributed by atoms with E-state index in [2.05, 4.69) is 31.2 Å². The number of nitrogens with one attached hydrogen (secondary N) is 1. The zero-order valence-electron chi connectivity index (χ0n) is 10.6.